The van der Waals surface area contributed by atoms with E-state index in [1.54, 1.807) is 0 Å². The van der Waals surface area contributed by atoms with Crippen LogP contribution in [0.15, 0.2) is 4.47 Å². The third-order valence-corrected chi connectivity index (χ3v) is 5.11. The van der Waals surface area contributed by atoms with E-state index in [9.17, 15) is 0 Å². The Balaban J connectivity index is 1.97. The van der Waals surface area contributed by atoms with E-state index in [2.05, 4.69) is 51.8 Å². The number of nitrogens with zero attached hydrogens (tertiary/aromatic N) is 2. The minimum atomic E-state index is 0.608. The fourth-order valence-corrected chi connectivity index (χ4v) is 3.17. The van der Waals surface area contributed by atoms with Gasteiger partial charge in [-0.05, 0) is 54.0 Å². The third-order valence-electron chi connectivity index (χ3n) is 4.19. The lowest BCUT2D eigenvalue weighted by Crippen LogP contribution is -2.24. The predicted octanol–water partition coefficient (Wildman–Crippen LogP) is 3.51. The van der Waals surface area contributed by atoms with Crippen molar-refractivity contribution in [3.05, 3.63) is 15.9 Å². The maximum absolute atomic E-state index is 4.63. The highest BCUT2D eigenvalue weighted by atomic mass is 79.9. The summed E-state index contributed by atoms with van der Waals surface area (Å²) in [7, 11) is 0. The van der Waals surface area contributed by atoms with Crippen molar-refractivity contribution in [3.63, 3.8) is 0 Å². The fourth-order valence-electron chi connectivity index (χ4n) is 2.46. The number of rotatable bonds is 7. The molecule has 0 amide bonds. The Labute approximate surface area is 118 Å². The van der Waals surface area contributed by atoms with Crippen LogP contribution in [0.4, 0.5) is 0 Å². The lowest BCUT2D eigenvalue weighted by molar-refractivity contribution is 0.436. The van der Waals surface area contributed by atoms with Crippen LogP contribution in [-0.2, 0) is 19.5 Å². The maximum atomic E-state index is 4.63. The number of hydrogen-bond donors (Lipinski definition) is 1. The molecule has 0 spiro atoms. The van der Waals surface area contributed by atoms with Crippen molar-refractivity contribution in [3.8, 4) is 0 Å². The predicted molar refractivity (Wildman–Crippen MR) is 78.6 cm³/mol. The summed E-state index contributed by atoms with van der Waals surface area (Å²) in [5.74, 6) is 0. The van der Waals surface area contributed by atoms with Gasteiger partial charge in [0, 0.05) is 19.6 Å². The summed E-state index contributed by atoms with van der Waals surface area (Å²) >= 11 is 3.69. The zero-order valence-electron chi connectivity index (χ0n) is 11.7. The molecule has 0 atom stereocenters. The van der Waals surface area contributed by atoms with E-state index in [0.717, 1.165) is 26.1 Å². The number of aromatic nitrogens is 2. The van der Waals surface area contributed by atoms with Crippen molar-refractivity contribution in [2.75, 3.05) is 6.54 Å². The number of nitrogens with one attached hydrogen (secondary N) is 1. The van der Waals surface area contributed by atoms with Crippen LogP contribution in [-0.4, -0.2) is 16.3 Å². The van der Waals surface area contributed by atoms with Gasteiger partial charge in [-0.25, -0.2) is 0 Å². The van der Waals surface area contributed by atoms with Crippen molar-refractivity contribution in [2.45, 2.75) is 59.5 Å². The highest BCUT2D eigenvalue weighted by Gasteiger charge is 2.39. The normalized spacial score (nSPS) is 17.1. The van der Waals surface area contributed by atoms with E-state index < -0.39 is 0 Å². The Bertz CT molecular complexity index is 407. The van der Waals surface area contributed by atoms with Crippen LogP contribution in [0.25, 0.3) is 0 Å². The summed E-state index contributed by atoms with van der Waals surface area (Å²) in [6, 6.07) is 0. The van der Waals surface area contributed by atoms with E-state index in [4.69, 9.17) is 0 Å². The molecule has 1 aliphatic carbocycles. The van der Waals surface area contributed by atoms with Gasteiger partial charge in [-0.3, -0.25) is 4.68 Å². The Hall–Kier alpha value is -0.350. The molecule has 1 fully saturated rings. The molecule has 4 heteroatoms. The summed E-state index contributed by atoms with van der Waals surface area (Å²) in [5.41, 5.74) is 3.07. The van der Waals surface area contributed by atoms with Crippen LogP contribution in [0.5, 0.6) is 0 Å². The SMILES string of the molecule is CCc1nn(CC)c(CNCC2(CC)CC2)c1Br. The van der Waals surface area contributed by atoms with Crippen LogP contribution in [0, 0.1) is 5.41 Å². The van der Waals surface area contributed by atoms with Crippen LogP contribution >= 0.6 is 15.9 Å². The minimum absolute atomic E-state index is 0.608. The topological polar surface area (TPSA) is 29.9 Å². The summed E-state index contributed by atoms with van der Waals surface area (Å²) in [6.07, 6.45) is 5.07. The molecule has 0 saturated heterocycles. The first-order chi connectivity index (χ1) is 8.65. The highest BCUT2D eigenvalue weighted by molar-refractivity contribution is 9.10. The number of hydrogen-bond acceptors (Lipinski definition) is 2. The van der Waals surface area contributed by atoms with Crippen molar-refractivity contribution >= 4 is 15.9 Å². The third kappa shape index (κ3) is 2.80. The second-order valence-electron chi connectivity index (χ2n) is 5.33. The van der Waals surface area contributed by atoms with Gasteiger partial charge in [0.2, 0.25) is 0 Å². The molecule has 1 saturated carbocycles. The molecule has 2 rings (SSSR count). The summed E-state index contributed by atoms with van der Waals surface area (Å²) in [5, 5.41) is 8.24. The molecule has 0 radical (unpaired) electrons. The van der Waals surface area contributed by atoms with Crippen molar-refractivity contribution < 1.29 is 0 Å². The van der Waals surface area contributed by atoms with Crippen LogP contribution in [0.2, 0.25) is 0 Å². The molecule has 102 valence electrons. The molecule has 1 heterocycles. The van der Waals surface area contributed by atoms with Gasteiger partial charge in [0.1, 0.15) is 0 Å². The van der Waals surface area contributed by atoms with E-state index in [0.29, 0.717) is 5.41 Å². The Morgan fingerprint density at radius 1 is 1.33 bits per heavy atom. The molecule has 0 unspecified atom stereocenters. The van der Waals surface area contributed by atoms with Gasteiger partial charge in [-0.1, -0.05) is 13.8 Å². The van der Waals surface area contributed by atoms with Crippen LogP contribution in [0.3, 0.4) is 0 Å². The molecule has 3 nitrogen and oxygen atoms in total. The quantitative estimate of drug-likeness (QED) is 0.835. The smallest absolute Gasteiger partial charge is 0.0767 e. The van der Waals surface area contributed by atoms with E-state index in [1.807, 2.05) is 0 Å². The van der Waals surface area contributed by atoms with Crippen LogP contribution in [0.1, 0.15) is 51.4 Å². The molecule has 0 bridgehead atoms. The van der Waals surface area contributed by atoms with Crippen LogP contribution < -0.4 is 5.32 Å². The monoisotopic (exact) mass is 313 g/mol. The molecule has 0 aromatic carbocycles. The first-order valence-corrected chi connectivity index (χ1v) is 7.90. The van der Waals surface area contributed by atoms with Crippen molar-refractivity contribution in [1.29, 1.82) is 0 Å². The second-order valence-corrected chi connectivity index (χ2v) is 6.13. The molecular weight excluding hydrogens is 290 g/mol. The zero-order chi connectivity index (χ0) is 13.2. The van der Waals surface area contributed by atoms with E-state index in [1.165, 1.54) is 35.1 Å². The first-order valence-electron chi connectivity index (χ1n) is 7.10. The molecule has 1 aromatic heterocycles. The molecule has 1 N–H and O–H groups in total. The fraction of sp³-hybridized carbons (Fsp3) is 0.786. The lowest BCUT2D eigenvalue weighted by Gasteiger charge is -2.14. The summed E-state index contributed by atoms with van der Waals surface area (Å²) in [6.45, 7) is 9.61. The Morgan fingerprint density at radius 2 is 2.06 bits per heavy atom. The Morgan fingerprint density at radius 3 is 2.56 bits per heavy atom. The van der Waals surface area contributed by atoms with E-state index in [-0.39, 0.29) is 0 Å². The zero-order valence-corrected chi connectivity index (χ0v) is 13.3. The van der Waals surface area contributed by atoms with Gasteiger partial charge in [0.15, 0.2) is 0 Å². The molecule has 1 aliphatic rings. The van der Waals surface area contributed by atoms with Gasteiger partial charge in [-0.15, -0.1) is 0 Å². The molecule has 0 aliphatic heterocycles. The number of halogens is 1. The number of aryl methyl sites for hydroxylation is 2. The molecule has 18 heavy (non-hydrogen) atoms. The van der Waals surface area contributed by atoms with Crippen molar-refractivity contribution in [1.82, 2.24) is 15.1 Å². The largest absolute Gasteiger partial charge is 0.311 e. The highest BCUT2D eigenvalue weighted by Crippen LogP contribution is 2.47. The maximum Gasteiger partial charge on any atom is 0.0767 e. The lowest BCUT2D eigenvalue weighted by atomic mass is 10.0. The van der Waals surface area contributed by atoms with Gasteiger partial charge in [-0.2, -0.15) is 5.10 Å². The molecular formula is C14H24BrN3. The molecule has 1 aromatic rings. The summed E-state index contributed by atoms with van der Waals surface area (Å²) < 4.78 is 3.31. The van der Waals surface area contributed by atoms with E-state index >= 15 is 0 Å². The minimum Gasteiger partial charge on any atom is -0.311 e. The van der Waals surface area contributed by atoms with Gasteiger partial charge >= 0.3 is 0 Å². The Kier molecular flexibility index (Phi) is 4.49. The second kappa shape index (κ2) is 5.74. The summed E-state index contributed by atoms with van der Waals surface area (Å²) in [4.78, 5) is 0. The van der Waals surface area contributed by atoms with Gasteiger partial charge in [0.05, 0.1) is 15.9 Å². The average molecular weight is 314 g/mol. The van der Waals surface area contributed by atoms with Gasteiger partial charge in [0.25, 0.3) is 0 Å². The first kappa shape index (κ1) is 14.1. The van der Waals surface area contributed by atoms with Crippen molar-refractivity contribution in [2.24, 2.45) is 5.41 Å². The standard InChI is InChI=1S/C14H24BrN3/c1-4-11-13(15)12(18(6-3)17-11)9-16-10-14(5-2)7-8-14/h16H,4-10H2,1-3H3. The van der Waals surface area contributed by atoms with Gasteiger partial charge < -0.3 is 5.32 Å². The average Bonchev–Trinajstić information content (AvgIpc) is 3.10.